The summed E-state index contributed by atoms with van der Waals surface area (Å²) in [4.78, 5) is 4.21. The molecule has 0 unspecified atom stereocenters. The Kier molecular flexibility index (Phi) is 6.45. The lowest BCUT2D eigenvalue weighted by atomic mass is 10.0. The Balaban J connectivity index is 2.06. The molecule has 1 atom stereocenters. The fraction of sp³-hybridized carbons (Fsp3) is 0.292. The second-order valence-electron chi connectivity index (χ2n) is 8.14. The highest BCUT2D eigenvalue weighted by molar-refractivity contribution is 6.99. The maximum absolute atomic E-state index is 10.0. The van der Waals surface area contributed by atoms with E-state index in [-0.39, 0.29) is 17.6 Å². The predicted molar refractivity (Wildman–Crippen MR) is 118 cm³/mol. The standard InChI is InChI=1S/C24H29NO2Si/c1-24(2,3)28(22-12-6-4-7-13-22,23-14-8-5-9-15-23)27-19-21(18-26)20-11-10-16-25-17-20/h4-17,21,26H,18-19H2,1-3H3/t21-/m0/s1. The van der Waals surface area contributed by atoms with E-state index >= 15 is 0 Å². The summed E-state index contributed by atoms with van der Waals surface area (Å²) in [5.41, 5.74) is 1.00. The maximum Gasteiger partial charge on any atom is 0.261 e. The molecule has 4 heteroatoms. The normalized spacial score (nSPS) is 13.3. The van der Waals surface area contributed by atoms with Crippen molar-refractivity contribution in [2.75, 3.05) is 13.2 Å². The summed E-state index contributed by atoms with van der Waals surface area (Å²) in [6, 6.07) is 25.1. The summed E-state index contributed by atoms with van der Waals surface area (Å²) in [6.45, 7) is 7.27. The Morgan fingerprint density at radius 2 is 1.46 bits per heavy atom. The van der Waals surface area contributed by atoms with Gasteiger partial charge in [0.15, 0.2) is 0 Å². The number of aliphatic hydroxyl groups excluding tert-OH is 1. The molecule has 0 saturated heterocycles. The molecule has 0 aliphatic rings. The minimum Gasteiger partial charge on any atom is -0.407 e. The summed E-state index contributed by atoms with van der Waals surface area (Å²) in [7, 11) is -2.59. The molecule has 0 saturated carbocycles. The van der Waals surface area contributed by atoms with Crippen molar-refractivity contribution in [3.63, 3.8) is 0 Å². The van der Waals surface area contributed by atoms with Crippen molar-refractivity contribution in [2.45, 2.75) is 31.7 Å². The Hall–Kier alpha value is -2.27. The van der Waals surface area contributed by atoms with Gasteiger partial charge in [-0.05, 0) is 27.0 Å². The molecule has 2 aromatic carbocycles. The Morgan fingerprint density at radius 1 is 0.893 bits per heavy atom. The third kappa shape index (κ3) is 4.09. The van der Waals surface area contributed by atoms with Crippen molar-refractivity contribution in [2.24, 2.45) is 0 Å². The van der Waals surface area contributed by atoms with Crippen molar-refractivity contribution < 1.29 is 9.53 Å². The van der Waals surface area contributed by atoms with Crippen molar-refractivity contribution >= 4 is 18.7 Å². The van der Waals surface area contributed by atoms with Crippen LogP contribution in [-0.4, -0.2) is 31.6 Å². The number of aromatic nitrogens is 1. The van der Waals surface area contributed by atoms with Crippen molar-refractivity contribution in [1.29, 1.82) is 0 Å². The van der Waals surface area contributed by atoms with Gasteiger partial charge in [0.25, 0.3) is 8.32 Å². The van der Waals surface area contributed by atoms with Crippen LogP contribution in [0.1, 0.15) is 32.3 Å². The van der Waals surface area contributed by atoms with Crippen LogP contribution in [0.3, 0.4) is 0 Å². The predicted octanol–water partition coefficient (Wildman–Crippen LogP) is 3.73. The fourth-order valence-corrected chi connectivity index (χ4v) is 8.47. The number of hydrogen-bond donors (Lipinski definition) is 1. The molecule has 1 aromatic heterocycles. The molecule has 0 bridgehead atoms. The first kappa shape index (κ1) is 20.5. The first-order chi connectivity index (χ1) is 13.5. The monoisotopic (exact) mass is 391 g/mol. The lowest BCUT2D eigenvalue weighted by Gasteiger charge is -2.43. The van der Waals surface area contributed by atoms with Crippen LogP contribution >= 0.6 is 0 Å². The van der Waals surface area contributed by atoms with Gasteiger partial charge in [-0.1, -0.05) is 87.5 Å². The topological polar surface area (TPSA) is 42.4 Å². The van der Waals surface area contributed by atoms with Gasteiger partial charge < -0.3 is 9.53 Å². The first-order valence-corrected chi connectivity index (χ1v) is 11.7. The van der Waals surface area contributed by atoms with Gasteiger partial charge in [0.2, 0.25) is 0 Å². The molecule has 1 heterocycles. The third-order valence-electron chi connectivity index (χ3n) is 5.29. The molecule has 28 heavy (non-hydrogen) atoms. The Labute approximate surface area is 169 Å². The average Bonchev–Trinajstić information content (AvgIpc) is 2.72. The number of aliphatic hydroxyl groups is 1. The quantitative estimate of drug-likeness (QED) is 0.624. The van der Waals surface area contributed by atoms with Gasteiger partial charge in [0, 0.05) is 24.9 Å². The van der Waals surface area contributed by atoms with E-state index in [2.05, 4.69) is 74.3 Å². The lowest BCUT2D eigenvalue weighted by molar-refractivity contribution is 0.198. The van der Waals surface area contributed by atoms with E-state index in [9.17, 15) is 5.11 Å². The highest BCUT2D eigenvalue weighted by Gasteiger charge is 2.50. The summed E-state index contributed by atoms with van der Waals surface area (Å²) in [6.07, 6.45) is 3.57. The van der Waals surface area contributed by atoms with Gasteiger partial charge in [-0.25, -0.2) is 0 Å². The first-order valence-electron chi connectivity index (χ1n) is 9.75. The number of benzene rings is 2. The third-order valence-corrected chi connectivity index (χ3v) is 10.3. The van der Waals surface area contributed by atoms with Crippen LogP contribution in [0.25, 0.3) is 0 Å². The number of nitrogens with zero attached hydrogens (tertiary/aromatic N) is 1. The van der Waals surface area contributed by atoms with E-state index in [0.717, 1.165) is 5.56 Å². The van der Waals surface area contributed by atoms with Crippen molar-refractivity contribution in [3.8, 4) is 0 Å². The fourth-order valence-electron chi connectivity index (χ4n) is 3.86. The van der Waals surface area contributed by atoms with Gasteiger partial charge >= 0.3 is 0 Å². The van der Waals surface area contributed by atoms with E-state index in [1.165, 1.54) is 10.4 Å². The lowest BCUT2D eigenvalue weighted by Crippen LogP contribution is -2.66. The molecule has 0 aliphatic carbocycles. The molecule has 3 aromatic rings. The number of pyridine rings is 1. The smallest absolute Gasteiger partial charge is 0.261 e. The summed E-state index contributed by atoms with van der Waals surface area (Å²) < 4.78 is 6.92. The molecule has 0 radical (unpaired) electrons. The summed E-state index contributed by atoms with van der Waals surface area (Å²) in [5.74, 6) is -0.102. The van der Waals surface area contributed by atoms with Crippen molar-refractivity contribution in [3.05, 3.63) is 90.8 Å². The second kappa shape index (κ2) is 8.82. The highest BCUT2D eigenvalue weighted by atomic mass is 28.4. The Morgan fingerprint density at radius 3 is 1.89 bits per heavy atom. The number of hydrogen-bond acceptors (Lipinski definition) is 3. The van der Waals surface area contributed by atoms with E-state index in [4.69, 9.17) is 4.43 Å². The van der Waals surface area contributed by atoms with Gasteiger partial charge in [0.1, 0.15) is 0 Å². The molecule has 0 aliphatic heterocycles. The molecular weight excluding hydrogens is 362 g/mol. The molecule has 1 N–H and O–H groups in total. The average molecular weight is 392 g/mol. The minimum absolute atomic E-state index is 0.0316. The summed E-state index contributed by atoms with van der Waals surface area (Å²) >= 11 is 0. The molecule has 3 nitrogen and oxygen atoms in total. The van der Waals surface area contributed by atoms with Crippen LogP contribution < -0.4 is 10.4 Å². The van der Waals surface area contributed by atoms with E-state index in [1.54, 1.807) is 6.20 Å². The molecular formula is C24H29NO2Si. The van der Waals surface area contributed by atoms with Crippen LogP contribution in [-0.2, 0) is 4.43 Å². The molecule has 3 rings (SSSR count). The van der Waals surface area contributed by atoms with E-state index < -0.39 is 8.32 Å². The van der Waals surface area contributed by atoms with Crippen molar-refractivity contribution in [1.82, 2.24) is 4.98 Å². The zero-order valence-electron chi connectivity index (χ0n) is 16.9. The van der Waals surface area contributed by atoms with E-state index in [0.29, 0.717) is 6.61 Å². The molecule has 0 fully saturated rings. The van der Waals surface area contributed by atoms with Crippen LogP contribution in [0.5, 0.6) is 0 Å². The van der Waals surface area contributed by atoms with Crippen LogP contribution in [0.2, 0.25) is 5.04 Å². The zero-order valence-corrected chi connectivity index (χ0v) is 17.9. The van der Waals surface area contributed by atoms with Gasteiger partial charge in [0.05, 0.1) is 6.61 Å². The maximum atomic E-state index is 10.0. The summed E-state index contributed by atoms with van der Waals surface area (Å²) in [5, 5.41) is 12.4. The Bertz CT molecular complexity index is 809. The number of rotatable bonds is 7. The van der Waals surface area contributed by atoms with Crippen LogP contribution in [0.4, 0.5) is 0 Å². The SMILES string of the molecule is CC(C)(C)[Si](OC[C@H](CO)c1cccnc1)(c1ccccc1)c1ccccc1. The molecule has 146 valence electrons. The molecule has 0 amide bonds. The van der Waals surface area contributed by atoms with E-state index in [1.807, 2.05) is 30.5 Å². The molecule has 0 spiro atoms. The van der Waals surface area contributed by atoms with Crippen LogP contribution in [0.15, 0.2) is 85.2 Å². The second-order valence-corrected chi connectivity index (χ2v) is 12.4. The zero-order chi connectivity index (χ0) is 20.0. The van der Waals surface area contributed by atoms with Gasteiger partial charge in [-0.15, -0.1) is 0 Å². The van der Waals surface area contributed by atoms with Gasteiger partial charge in [-0.2, -0.15) is 0 Å². The van der Waals surface area contributed by atoms with Crippen LogP contribution in [0, 0.1) is 0 Å². The minimum atomic E-state index is -2.59. The highest BCUT2D eigenvalue weighted by Crippen LogP contribution is 2.37. The van der Waals surface area contributed by atoms with Gasteiger partial charge in [-0.3, -0.25) is 4.98 Å². The largest absolute Gasteiger partial charge is 0.407 e.